The number of rotatable bonds is 8. The van der Waals surface area contributed by atoms with Gasteiger partial charge >= 0.3 is 0 Å². The lowest BCUT2D eigenvalue weighted by Gasteiger charge is -2.35. The number of benzene rings is 2. The zero-order valence-electron chi connectivity index (χ0n) is 20.0. The highest BCUT2D eigenvalue weighted by atomic mass is 32.2. The van der Waals surface area contributed by atoms with E-state index in [1.54, 1.807) is 30.3 Å². The van der Waals surface area contributed by atoms with Crippen LogP contribution >= 0.6 is 0 Å². The van der Waals surface area contributed by atoms with E-state index in [1.807, 2.05) is 0 Å². The van der Waals surface area contributed by atoms with Crippen LogP contribution in [0, 0.1) is 11.8 Å². The van der Waals surface area contributed by atoms with E-state index in [1.165, 1.54) is 36.5 Å². The Morgan fingerprint density at radius 3 is 2.15 bits per heavy atom. The first-order chi connectivity index (χ1) is 15.6. The van der Waals surface area contributed by atoms with Crippen molar-refractivity contribution < 1.29 is 13.2 Å². The summed E-state index contributed by atoms with van der Waals surface area (Å²) in [5.41, 5.74) is 3.11. The van der Waals surface area contributed by atoms with E-state index in [0.29, 0.717) is 6.54 Å². The number of sulfonamides is 1. The first-order valence-corrected chi connectivity index (χ1v) is 12.9. The molecule has 0 aliphatic carbocycles. The molecule has 1 aliphatic heterocycles. The first kappa shape index (κ1) is 25.1. The molecule has 1 aliphatic rings. The Labute approximate surface area is 198 Å². The van der Waals surface area contributed by atoms with E-state index in [4.69, 9.17) is 0 Å². The summed E-state index contributed by atoms with van der Waals surface area (Å²) in [6, 6.07) is 14.9. The Hall–Kier alpha value is -2.48. The third kappa shape index (κ3) is 7.25. The molecule has 6 nitrogen and oxygen atoms in total. The van der Waals surface area contributed by atoms with Crippen molar-refractivity contribution in [3.8, 4) is 0 Å². The average Bonchev–Trinajstić information content (AvgIpc) is 2.76. The largest absolute Gasteiger partial charge is 0.348 e. The standard InChI is InChI=1S/C26H35N3O3S/c1-20-15-21(2)18-29(17-20)19-24-7-5-23(6-8-24)16-27-26(30)14-11-22-9-12-25(13-10-22)33(31,32)28(3)4/h5-14,20-21H,15-19H2,1-4H3,(H,27,30)/b14-11+. The molecule has 3 rings (SSSR count). The molecule has 0 saturated carbocycles. The number of hydrogen-bond donors (Lipinski definition) is 1. The normalized spacial score (nSPS) is 19.8. The van der Waals surface area contributed by atoms with Crippen molar-refractivity contribution in [1.29, 1.82) is 0 Å². The minimum Gasteiger partial charge on any atom is -0.348 e. The molecule has 0 aromatic heterocycles. The lowest BCUT2D eigenvalue weighted by molar-refractivity contribution is -0.116. The summed E-state index contributed by atoms with van der Waals surface area (Å²) in [5.74, 6) is 1.31. The average molecular weight is 470 g/mol. The van der Waals surface area contributed by atoms with Crippen LogP contribution in [0.5, 0.6) is 0 Å². The summed E-state index contributed by atoms with van der Waals surface area (Å²) in [6.45, 7) is 8.40. The lowest BCUT2D eigenvalue weighted by atomic mass is 9.91. The Kier molecular flexibility index (Phi) is 8.46. The lowest BCUT2D eigenvalue weighted by Crippen LogP contribution is -2.38. The van der Waals surface area contributed by atoms with Crippen LogP contribution in [0.2, 0.25) is 0 Å². The van der Waals surface area contributed by atoms with Gasteiger partial charge in [0.15, 0.2) is 0 Å². The summed E-state index contributed by atoms with van der Waals surface area (Å²) in [6.07, 6.45) is 4.45. The van der Waals surface area contributed by atoms with Gasteiger partial charge in [-0.3, -0.25) is 9.69 Å². The first-order valence-electron chi connectivity index (χ1n) is 11.4. The van der Waals surface area contributed by atoms with Crippen LogP contribution in [0.15, 0.2) is 59.5 Å². The molecule has 1 saturated heterocycles. The van der Waals surface area contributed by atoms with Crippen molar-refractivity contribution in [1.82, 2.24) is 14.5 Å². The molecule has 0 bridgehead atoms. The van der Waals surface area contributed by atoms with Gasteiger partial charge in [0, 0.05) is 46.4 Å². The number of amides is 1. The number of carbonyl (C=O) groups is 1. The van der Waals surface area contributed by atoms with E-state index >= 15 is 0 Å². The molecule has 1 amide bonds. The molecule has 2 aromatic rings. The highest BCUT2D eigenvalue weighted by molar-refractivity contribution is 7.89. The summed E-state index contributed by atoms with van der Waals surface area (Å²) >= 11 is 0. The van der Waals surface area contributed by atoms with Crippen LogP contribution < -0.4 is 5.32 Å². The molecule has 2 atom stereocenters. The van der Waals surface area contributed by atoms with Crippen LogP contribution in [0.25, 0.3) is 6.08 Å². The molecule has 2 aromatic carbocycles. The predicted molar refractivity (Wildman–Crippen MR) is 133 cm³/mol. The van der Waals surface area contributed by atoms with Gasteiger partial charge in [-0.2, -0.15) is 0 Å². The van der Waals surface area contributed by atoms with E-state index in [-0.39, 0.29) is 10.8 Å². The van der Waals surface area contributed by atoms with Gasteiger partial charge in [-0.1, -0.05) is 50.2 Å². The molecule has 2 unspecified atom stereocenters. The third-order valence-corrected chi connectivity index (χ3v) is 7.76. The van der Waals surface area contributed by atoms with E-state index < -0.39 is 10.0 Å². The quantitative estimate of drug-likeness (QED) is 0.598. The minimum atomic E-state index is -3.45. The van der Waals surface area contributed by atoms with Crippen LogP contribution in [0.1, 0.15) is 37.0 Å². The smallest absolute Gasteiger partial charge is 0.244 e. The van der Waals surface area contributed by atoms with Gasteiger partial charge in [0.2, 0.25) is 15.9 Å². The SMILES string of the molecule is CC1CC(C)CN(Cc2ccc(CNC(=O)/C=C/c3ccc(S(=O)(=O)N(C)C)cc3)cc2)C1. The monoisotopic (exact) mass is 469 g/mol. The number of carbonyl (C=O) groups excluding carboxylic acids is 1. The fraction of sp³-hybridized carbons (Fsp3) is 0.423. The Balaban J connectivity index is 1.48. The Morgan fingerprint density at radius 1 is 1.00 bits per heavy atom. The second-order valence-corrected chi connectivity index (χ2v) is 11.5. The topological polar surface area (TPSA) is 69.7 Å². The number of nitrogens with one attached hydrogen (secondary N) is 1. The van der Waals surface area contributed by atoms with Gasteiger partial charge in [0.25, 0.3) is 0 Å². The van der Waals surface area contributed by atoms with Crippen molar-refractivity contribution in [3.05, 3.63) is 71.3 Å². The summed E-state index contributed by atoms with van der Waals surface area (Å²) in [5, 5.41) is 2.89. The Bertz CT molecular complexity index is 1050. The molecule has 0 radical (unpaired) electrons. The molecule has 1 fully saturated rings. The molecule has 178 valence electrons. The van der Waals surface area contributed by atoms with Gasteiger partial charge in [-0.15, -0.1) is 0 Å². The molecule has 1 N–H and O–H groups in total. The maximum atomic E-state index is 12.2. The third-order valence-electron chi connectivity index (χ3n) is 5.93. The zero-order chi connectivity index (χ0) is 24.0. The minimum absolute atomic E-state index is 0.194. The van der Waals surface area contributed by atoms with E-state index in [9.17, 15) is 13.2 Å². The molecular weight excluding hydrogens is 434 g/mol. The van der Waals surface area contributed by atoms with Crippen LogP contribution in [0.3, 0.4) is 0 Å². The molecule has 1 heterocycles. The highest BCUT2D eigenvalue weighted by Gasteiger charge is 2.21. The fourth-order valence-corrected chi connectivity index (χ4v) is 5.23. The van der Waals surface area contributed by atoms with Crippen molar-refractivity contribution in [2.75, 3.05) is 27.2 Å². The summed E-state index contributed by atoms with van der Waals surface area (Å²) in [7, 11) is -0.460. The molecule has 33 heavy (non-hydrogen) atoms. The van der Waals surface area contributed by atoms with Gasteiger partial charge in [0.05, 0.1) is 4.90 Å². The van der Waals surface area contributed by atoms with Crippen molar-refractivity contribution >= 4 is 22.0 Å². The maximum Gasteiger partial charge on any atom is 0.244 e. The van der Waals surface area contributed by atoms with Crippen molar-refractivity contribution in [3.63, 3.8) is 0 Å². The van der Waals surface area contributed by atoms with Crippen LogP contribution in [-0.4, -0.2) is 50.7 Å². The van der Waals surface area contributed by atoms with Crippen molar-refractivity contribution in [2.24, 2.45) is 11.8 Å². The molecule has 0 spiro atoms. The number of piperidine rings is 1. The van der Waals surface area contributed by atoms with E-state index in [0.717, 1.165) is 42.6 Å². The van der Waals surface area contributed by atoms with Gasteiger partial charge in [-0.05, 0) is 53.2 Å². The summed E-state index contributed by atoms with van der Waals surface area (Å²) in [4.78, 5) is 14.9. The molecular formula is C26H35N3O3S. The fourth-order valence-electron chi connectivity index (χ4n) is 4.32. The number of nitrogens with zero attached hydrogens (tertiary/aromatic N) is 2. The van der Waals surface area contributed by atoms with E-state index in [2.05, 4.69) is 48.3 Å². The number of likely N-dealkylation sites (tertiary alicyclic amines) is 1. The van der Waals surface area contributed by atoms with Crippen molar-refractivity contribution in [2.45, 2.75) is 38.3 Å². The van der Waals surface area contributed by atoms with Gasteiger partial charge in [0.1, 0.15) is 0 Å². The number of hydrogen-bond acceptors (Lipinski definition) is 4. The van der Waals surface area contributed by atoms with Crippen LogP contribution in [-0.2, 0) is 27.9 Å². The van der Waals surface area contributed by atoms with Crippen LogP contribution in [0.4, 0.5) is 0 Å². The Morgan fingerprint density at radius 2 is 1.58 bits per heavy atom. The summed E-state index contributed by atoms with van der Waals surface area (Å²) < 4.78 is 25.4. The highest BCUT2D eigenvalue weighted by Crippen LogP contribution is 2.22. The second kappa shape index (κ2) is 11.1. The zero-order valence-corrected chi connectivity index (χ0v) is 20.8. The van der Waals surface area contributed by atoms with Gasteiger partial charge < -0.3 is 5.32 Å². The second-order valence-electron chi connectivity index (χ2n) is 9.36. The van der Waals surface area contributed by atoms with Gasteiger partial charge in [-0.25, -0.2) is 12.7 Å². The predicted octanol–water partition coefficient (Wildman–Crippen LogP) is 3.74. The maximum absolute atomic E-state index is 12.2. The molecule has 7 heteroatoms.